The zero-order chi connectivity index (χ0) is 10.7. The standard InChI is InChI=1S/C10H10FIO2/c1-3-14-10(13)9-6(2)7(11)4-5-8(9)12/h4-5H,3H2,1-2H3. The van der Waals surface area contributed by atoms with Crippen molar-refractivity contribution in [2.24, 2.45) is 0 Å². The highest BCUT2D eigenvalue weighted by atomic mass is 127. The second-order valence-corrected chi connectivity index (χ2v) is 3.91. The minimum absolute atomic E-state index is 0.296. The molecule has 0 saturated heterocycles. The minimum Gasteiger partial charge on any atom is -0.462 e. The predicted molar refractivity (Wildman–Crippen MR) is 59.8 cm³/mol. The lowest BCUT2D eigenvalue weighted by Crippen LogP contribution is -2.10. The Morgan fingerprint density at radius 2 is 2.21 bits per heavy atom. The van der Waals surface area contributed by atoms with E-state index in [1.54, 1.807) is 19.9 Å². The van der Waals surface area contributed by atoms with Gasteiger partial charge in [-0.1, -0.05) is 0 Å². The van der Waals surface area contributed by atoms with Gasteiger partial charge in [0, 0.05) is 9.13 Å². The summed E-state index contributed by atoms with van der Waals surface area (Å²) in [5, 5.41) is 0. The molecule has 1 aromatic rings. The molecule has 0 radical (unpaired) electrons. The zero-order valence-electron chi connectivity index (χ0n) is 7.93. The Morgan fingerprint density at radius 1 is 1.57 bits per heavy atom. The van der Waals surface area contributed by atoms with E-state index in [-0.39, 0.29) is 5.82 Å². The second kappa shape index (κ2) is 4.72. The maximum Gasteiger partial charge on any atom is 0.339 e. The molecular formula is C10H10FIO2. The van der Waals surface area contributed by atoms with Crippen LogP contribution >= 0.6 is 22.6 Å². The third kappa shape index (κ3) is 2.23. The molecule has 0 aliphatic rings. The van der Waals surface area contributed by atoms with Gasteiger partial charge in [0.25, 0.3) is 0 Å². The van der Waals surface area contributed by atoms with Crippen molar-refractivity contribution >= 4 is 28.6 Å². The quantitative estimate of drug-likeness (QED) is 0.620. The SMILES string of the molecule is CCOC(=O)c1c(I)ccc(F)c1C. The summed E-state index contributed by atoms with van der Waals surface area (Å²) in [6, 6.07) is 2.91. The average Bonchev–Trinajstić information content (AvgIpc) is 2.13. The smallest absolute Gasteiger partial charge is 0.339 e. The summed E-state index contributed by atoms with van der Waals surface area (Å²) in [6.45, 7) is 3.59. The van der Waals surface area contributed by atoms with E-state index in [0.29, 0.717) is 21.3 Å². The number of benzene rings is 1. The molecule has 0 N–H and O–H groups in total. The van der Waals surface area contributed by atoms with E-state index in [1.165, 1.54) is 6.07 Å². The number of carbonyl (C=O) groups excluding carboxylic acids is 1. The molecule has 1 aromatic carbocycles. The number of carbonyl (C=O) groups is 1. The highest BCUT2D eigenvalue weighted by Gasteiger charge is 2.16. The summed E-state index contributed by atoms with van der Waals surface area (Å²) in [5.74, 6) is -0.845. The summed E-state index contributed by atoms with van der Waals surface area (Å²) in [5.41, 5.74) is 0.669. The third-order valence-electron chi connectivity index (χ3n) is 1.83. The molecular weight excluding hydrogens is 298 g/mol. The van der Waals surface area contributed by atoms with E-state index in [1.807, 2.05) is 22.6 Å². The van der Waals surface area contributed by atoms with Crippen molar-refractivity contribution < 1.29 is 13.9 Å². The molecule has 0 heterocycles. The largest absolute Gasteiger partial charge is 0.462 e. The van der Waals surface area contributed by atoms with Crippen molar-refractivity contribution in [3.63, 3.8) is 0 Å². The Bertz CT molecular complexity index is 363. The van der Waals surface area contributed by atoms with Crippen LogP contribution < -0.4 is 0 Å². The maximum atomic E-state index is 13.1. The lowest BCUT2D eigenvalue weighted by Gasteiger charge is -2.07. The molecule has 4 heteroatoms. The summed E-state index contributed by atoms with van der Waals surface area (Å²) >= 11 is 1.99. The number of halogens is 2. The first-order valence-corrected chi connectivity index (χ1v) is 5.27. The van der Waals surface area contributed by atoms with Crippen molar-refractivity contribution in [1.29, 1.82) is 0 Å². The van der Waals surface area contributed by atoms with Crippen molar-refractivity contribution in [3.05, 3.63) is 32.6 Å². The van der Waals surface area contributed by atoms with Crippen LogP contribution in [0.1, 0.15) is 22.8 Å². The molecule has 14 heavy (non-hydrogen) atoms. The monoisotopic (exact) mass is 308 g/mol. The fourth-order valence-corrected chi connectivity index (χ4v) is 1.91. The van der Waals surface area contributed by atoms with Crippen LogP contribution in [-0.4, -0.2) is 12.6 Å². The Morgan fingerprint density at radius 3 is 2.79 bits per heavy atom. The first-order valence-electron chi connectivity index (χ1n) is 4.19. The number of ether oxygens (including phenoxy) is 1. The van der Waals surface area contributed by atoms with Crippen LogP contribution in [0.25, 0.3) is 0 Å². The molecule has 0 fully saturated rings. The molecule has 1 rings (SSSR count). The first kappa shape index (κ1) is 11.4. The Hall–Kier alpha value is -0.650. The van der Waals surface area contributed by atoms with Gasteiger partial charge in [0.1, 0.15) is 5.82 Å². The van der Waals surface area contributed by atoms with Gasteiger partial charge in [-0.3, -0.25) is 0 Å². The van der Waals surface area contributed by atoms with Gasteiger partial charge in [-0.15, -0.1) is 0 Å². The molecule has 0 unspecified atom stereocenters. The van der Waals surface area contributed by atoms with Crippen LogP contribution in [0.2, 0.25) is 0 Å². The molecule has 0 atom stereocenters. The number of esters is 1. The highest BCUT2D eigenvalue weighted by Crippen LogP contribution is 2.20. The fourth-order valence-electron chi connectivity index (χ4n) is 1.11. The molecule has 0 amide bonds. The first-order chi connectivity index (χ1) is 6.57. The van der Waals surface area contributed by atoms with Gasteiger partial charge >= 0.3 is 5.97 Å². The van der Waals surface area contributed by atoms with Gasteiger partial charge in [0.15, 0.2) is 0 Å². The van der Waals surface area contributed by atoms with E-state index in [2.05, 4.69) is 0 Å². The van der Waals surface area contributed by atoms with E-state index < -0.39 is 5.97 Å². The van der Waals surface area contributed by atoms with E-state index >= 15 is 0 Å². The second-order valence-electron chi connectivity index (χ2n) is 2.75. The van der Waals surface area contributed by atoms with Gasteiger partial charge in [-0.25, -0.2) is 9.18 Å². The molecule has 0 aromatic heterocycles. The zero-order valence-corrected chi connectivity index (χ0v) is 10.1. The predicted octanol–water partition coefficient (Wildman–Crippen LogP) is 2.92. The van der Waals surface area contributed by atoms with Crippen LogP contribution in [0.3, 0.4) is 0 Å². The molecule has 0 aliphatic heterocycles. The van der Waals surface area contributed by atoms with Crippen molar-refractivity contribution in [3.8, 4) is 0 Å². The molecule has 76 valence electrons. The topological polar surface area (TPSA) is 26.3 Å². The van der Waals surface area contributed by atoms with Crippen molar-refractivity contribution in [2.75, 3.05) is 6.61 Å². The van der Waals surface area contributed by atoms with Crippen LogP contribution in [0.5, 0.6) is 0 Å². The number of hydrogen-bond donors (Lipinski definition) is 0. The number of hydrogen-bond acceptors (Lipinski definition) is 2. The van der Waals surface area contributed by atoms with E-state index in [4.69, 9.17) is 4.74 Å². The summed E-state index contributed by atoms with van der Waals surface area (Å²) in [7, 11) is 0. The fraction of sp³-hybridized carbons (Fsp3) is 0.300. The van der Waals surface area contributed by atoms with Crippen LogP contribution in [-0.2, 0) is 4.74 Å². The maximum absolute atomic E-state index is 13.1. The lowest BCUT2D eigenvalue weighted by atomic mass is 10.1. The van der Waals surface area contributed by atoms with Crippen LogP contribution in [0, 0.1) is 16.3 Å². The lowest BCUT2D eigenvalue weighted by molar-refractivity contribution is 0.0523. The van der Waals surface area contributed by atoms with Gasteiger partial charge in [-0.2, -0.15) is 0 Å². The van der Waals surface area contributed by atoms with Gasteiger partial charge < -0.3 is 4.74 Å². The van der Waals surface area contributed by atoms with Crippen molar-refractivity contribution in [2.45, 2.75) is 13.8 Å². The van der Waals surface area contributed by atoms with Crippen LogP contribution in [0.15, 0.2) is 12.1 Å². The summed E-state index contributed by atoms with van der Waals surface area (Å²) < 4.78 is 18.7. The van der Waals surface area contributed by atoms with E-state index in [0.717, 1.165) is 0 Å². The summed E-state index contributed by atoms with van der Waals surface area (Å²) in [4.78, 5) is 11.4. The normalized spacial score (nSPS) is 10.0. The Labute approximate surface area is 95.6 Å². The van der Waals surface area contributed by atoms with Gasteiger partial charge in [0.2, 0.25) is 0 Å². The third-order valence-corrected chi connectivity index (χ3v) is 2.73. The molecule has 0 aliphatic carbocycles. The molecule has 2 nitrogen and oxygen atoms in total. The average molecular weight is 308 g/mol. The highest BCUT2D eigenvalue weighted by molar-refractivity contribution is 14.1. The summed E-state index contributed by atoms with van der Waals surface area (Å²) in [6.07, 6.45) is 0. The number of rotatable bonds is 2. The van der Waals surface area contributed by atoms with Crippen molar-refractivity contribution in [1.82, 2.24) is 0 Å². The van der Waals surface area contributed by atoms with Crippen LogP contribution in [0.4, 0.5) is 4.39 Å². The minimum atomic E-state index is -0.464. The Kier molecular flexibility index (Phi) is 3.86. The van der Waals surface area contributed by atoms with E-state index in [9.17, 15) is 9.18 Å². The molecule has 0 saturated carbocycles. The van der Waals surface area contributed by atoms with Gasteiger partial charge in [0.05, 0.1) is 12.2 Å². The molecule has 0 bridgehead atoms. The van der Waals surface area contributed by atoms with Gasteiger partial charge in [-0.05, 0) is 48.6 Å². The molecule has 0 spiro atoms. The Balaban J connectivity index is 3.18.